The lowest BCUT2D eigenvalue weighted by Crippen LogP contribution is -2.31. The predicted molar refractivity (Wildman–Crippen MR) is 122 cm³/mol. The van der Waals surface area contributed by atoms with Crippen molar-refractivity contribution in [1.82, 2.24) is 9.97 Å². The number of ether oxygens (including phenoxy) is 4. The van der Waals surface area contributed by atoms with Crippen LogP contribution in [0.25, 0.3) is 0 Å². The van der Waals surface area contributed by atoms with Gasteiger partial charge in [-0.2, -0.15) is 0 Å². The Morgan fingerprint density at radius 2 is 1.78 bits per heavy atom. The lowest BCUT2D eigenvalue weighted by atomic mass is 9.82. The van der Waals surface area contributed by atoms with Crippen molar-refractivity contribution in [2.24, 2.45) is 0 Å². The monoisotopic (exact) mass is 461 g/mol. The number of anilines is 1. The van der Waals surface area contributed by atoms with Gasteiger partial charge < -0.3 is 29.2 Å². The highest BCUT2D eigenvalue weighted by Crippen LogP contribution is 2.46. The minimum absolute atomic E-state index is 0.200. The van der Waals surface area contributed by atoms with E-state index in [2.05, 4.69) is 15.3 Å². The Hall–Kier alpha value is -3.14. The molecule has 0 spiro atoms. The van der Waals surface area contributed by atoms with Crippen molar-refractivity contribution in [3.63, 3.8) is 0 Å². The molecule has 2 N–H and O–H groups in total. The molecule has 0 radical (unpaired) electrons. The molecule has 2 heterocycles. The standard InChI is InChI=1S/C22H27N3O6S/c1-7-31-21(27)15-11(3)23-19-17(20(26)25-22(24-19)32-8-2)16(15)12-9-13(28-4)18(30-6)14(10-12)29-5/h9-10,16H,7-8H2,1-6H3,(H2,23,24,25,26). The molecule has 0 saturated heterocycles. The smallest absolute Gasteiger partial charge is 0.336 e. The first-order chi connectivity index (χ1) is 15.4. The molecule has 1 atom stereocenters. The van der Waals surface area contributed by atoms with Crippen LogP contribution in [0.5, 0.6) is 17.2 Å². The normalized spacial score (nSPS) is 15.0. The molecule has 1 aromatic heterocycles. The summed E-state index contributed by atoms with van der Waals surface area (Å²) < 4.78 is 21.7. The molecule has 0 aliphatic carbocycles. The van der Waals surface area contributed by atoms with Crippen LogP contribution in [0.1, 0.15) is 37.8 Å². The number of thioether (sulfide) groups is 1. The molecule has 10 heteroatoms. The Kier molecular flexibility index (Phi) is 7.34. The maximum atomic E-state index is 13.2. The number of allylic oxidation sites excluding steroid dienone is 1. The van der Waals surface area contributed by atoms with Crippen molar-refractivity contribution in [2.75, 3.05) is 39.0 Å². The molecule has 1 unspecified atom stereocenters. The molecular weight excluding hydrogens is 434 g/mol. The van der Waals surface area contributed by atoms with Crippen LogP contribution in [0.4, 0.5) is 5.82 Å². The summed E-state index contributed by atoms with van der Waals surface area (Å²) in [4.78, 5) is 33.6. The molecule has 1 aromatic carbocycles. The van der Waals surface area contributed by atoms with Gasteiger partial charge in [0.1, 0.15) is 5.82 Å². The van der Waals surface area contributed by atoms with Crippen LogP contribution in [0.2, 0.25) is 0 Å². The summed E-state index contributed by atoms with van der Waals surface area (Å²) in [6.07, 6.45) is 0. The van der Waals surface area contributed by atoms with Crippen LogP contribution in [-0.2, 0) is 9.53 Å². The highest BCUT2D eigenvalue weighted by Gasteiger charge is 2.37. The summed E-state index contributed by atoms with van der Waals surface area (Å²) in [6.45, 7) is 5.66. The number of methoxy groups -OCH3 is 3. The molecule has 0 saturated carbocycles. The van der Waals surface area contributed by atoms with E-state index in [1.807, 2.05) is 6.92 Å². The topological polar surface area (TPSA) is 112 Å². The number of nitrogens with one attached hydrogen (secondary N) is 2. The van der Waals surface area contributed by atoms with Crippen molar-refractivity contribution >= 4 is 23.5 Å². The fourth-order valence-electron chi connectivity index (χ4n) is 3.72. The summed E-state index contributed by atoms with van der Waals surface area (Å²) >= 11 is 1.42. The Bertz CT molecular complexity index is 1090. The second-order valence-corrected chi connectivity index (χ2v) is 8.09. The first-order valence-corrected chi connectivity index (χ1v) is 11.1. The van der Waals surface area contributed by atoms with Gasteiger partial charge in [0.05, 0.1) is 45.0 Å². The Morgan fingerprint density at radius 1 is 1.12 bits per heavy atom. The number of H-pyrrole nitrogens is 1. The van der Waals surface area contributed by atoms with E-state index in [4.69, 9.17) is 18.9 Å². The molecule has 9 nitrogen and oxygen atoms in total. The van der Waals surface area contributed by atoms with Crippen molar-refractivity contribution in [3.8, 4) is 17.2 Å². The Balaban J connectivity index is 2.32. The third-order valence-electron chi connectivity index (χ3n) is 5.02. The zero-order valence-electron chi connectivity index (χ0n) is 19.0. The van der Waals surface area contributed by atoms with E-state index in [9.17, 15) is 9.59 Å². The summed E-state index contributed by atoms with van der Waals surface area (Å²) in [6, 6.07) is 3.45. The summed E-state index contributed by atoms with van der Waals surface area (Å²) in [5.74, 6) is 1.10. The van der Waals surface area contributed by atoms with Gasteiger partial charge in [-0.05, 0) is 37.3 Å². The largest absolute Gasteiger partial charge is 0.493 e. The number of rotatable bonds is 8. The minimum atomic E-state index is -0.754. The van der Waals surface area contributed by atoms with Crippen LogP contribution < -0.4 is 25.1 Å². The van der Waals surface area contributed by atoms with E-state index >= 15 is 0 Å². The van der Waals surface area contributed by atoms with E-state index in [1.54, 1.807) is 26.0 Å². The first kappa shape index (κ1) is 23.5. The number of fused-ring (bicyclic) bond motifs is 1. The van der Waals surface area contributed by atoms with E-state index in [1.165, 1.54) is 33.1 Å². The predicted octanol–water partition coefficient (Wildman–Crippen LogP) is 3.30. The number of benzene rings is 1. The minimum Gasteiger partial charge on any atom is -0.493 e. The second-order valence-electron chi connectivity index (χ2n) is 6.84. The van der Waals surface area contributed by atoms with Crippen LogP contribution in [0.3, 0.4) is 0 Å². The average molecular weight is 462 g/mol. The fourth-order valence-corrected chi connectivity index (χ4v) is 4.31. The average Bonchev–Trinajstić information content (AvgIpc) is 2.77. The van der Waals surface area contributed by atoms with Crippen LogP contribution in [-0.4, -0.2) is 49.6 Å². The molecule has 2 aromatic rings. The molecule has 1 aliphatic heterocycles. The van der Waals surface area contributed by atoms with E-state index in [0.717, 1.165) is 5.75 Å². The second kappa shape index (κ2) is 9.99. The van der Waals surface area contributed by atoms with Gasteiger partial charge in [0.25, 0.3) is 5.56 Å². The number of carbonyl (C=O) groups excluding carboxylic acids is 1. The first-order valence-electron chi connectivity index (χ1n) is 10.1. The molecular formula is C22H27N3O6S. The summed E-state index contributed by atoms with van der Waals surface area (Å²) in [5, 5.41) is 3.62. The van der Waals surface area contributed by atoms with Gasteiger partial charge >= 0.3 is 5.97 Å². The Morgan fingerprint density at radius 3 is 2.31 bits per heavy atom. The molecule has 172 valence electrons. The molecule has 32 heavy (non-hydrogen) atoms. The number of carbonyl (C=O) groups is 1. The number of esters is 1. The van der Waals surface area contributed by atoms with E-state index in [-0.39, 0.29) is 12.2 Å². The third-order valence-corrected chi connectivity index (χ3v) is 5.77. The van der Waals surface area contributed by atoms with Crippen LogP contribution in [0, 0.1) is 0 Å². The van der Waals surface area contributed by atoms with Crippen LogP contribution in [0.15, 0.2) is 33.4 Å². The third kappa shape index (κ3) is 4.27. The van der Waals surface area contributed by atoms with Gasteiger partial charge in [0.15, 0.2) is 16.7 Å². The van der Waals surface area contributed by atoms with Crippen molar-refractivity contribution in [3.05, 3.63) is 44.9 Å². The number of aromatic amines is 1. The van der Waals surface area contributed by atoms with Gasteiger partial charge in [-0.1, -0.05) is 18.7 Å². The molecule has 0 amide bonds. The zero-order chi connectivity index (χ0) is 23.4. The lowest BCUT2D eigenvalue weighted by Gasteiger charge is -2.29. The van der Waals surface area contributed by atoms with Gasteiger partial charge in [0.2, 0.25) is 5.75 Å². The fraction of sp³-hybridized carbons (Fsp3) is 0.409. The van der Waals surface area contributed by atoms with Crippen molar-refractivity contribution < 1.29 is 23.7 Å². The highest BCUT2D eigenvalue weighted by atomic mass is 32.2. The lowest BCUT2D eigenvalue weighted by molar-refractivity contribution is -0.138. The number of hydrogen-bond acceptors (Lipinski definition) is 9. The van der Waals surface area contributed by atoms with Gasteiger partial charge in [0, 0.05) is 5.70 Å². The van der Waals surface area contributed by atoms with E-state index in [0.29, 0.717) is 50.6 Å². The number of aromatic nitrogens is 2. The number of nitrogens with zero attached hydrogens (tertiary/aromatic N) is 1. The molecule has 1 aliphatic rings. The number of hydrogen-bond donors (Lipinski definition) is 2. The van der Waals surface area contributed by atoms with Crippen molar-refractivity contribution in [2.45, 2.75) is 31.8 Å². The van der Waals surface area contributed by atoms with Crippen molar-refractivity contribution in [1.29, 1.82) is 0 Å². The van der Waals surface area contributed by atoms with Gasteiger partial charge in [-0.3, -0.25) is 4.79 Å². The quantitative estimate of drug-likeness (QED) is 0.347. The van der Waals surface area contributed by atoms with Gasteiger partial charge in [-0.15, -0.1) is 0 Å². The Labute approximate surface area is 190 Å². The maximum absolute atomic E-state index is 13.2. The maximum Gasteiger partial charge on any atom is 0.336 e. The highest BCUT2D eigenvalue weighted by molar-refractivity contribution is 7.99. The molecule has 3 rings (SSSR count). The van der Waals surface area contributed by atoms with Gasteiger partial charge in [-0.25, -0.2) is 9.78 Å². The van der Waals surface area contributed by atoms with E-state index < -0.39 is 11.9 Å². The molecule has 0 fully saturated rings. The molecule has 0 bridgehead atoms. The van der Waals surface area contributed by atoms with Crippen LogP contribution >= 0.6 is 11.8 Å². The zero-order valence-corrected chi connectivity index (χ0v) is 19.8. The summed E-state index contributed by atoms with van der Waals surface area (Å²) in [5.41, 5.74) is 1.45. The summed E-state index contributed by atoms with van der Waals surface area (Å²) in [7, 11) is 4.52. The SMILES string of the molecule is CCOC(=O)C1=C(C)Nc2nc(SCC)[nH]c(=O)c2C1c1cc(OC)c(OC)c(OC)c1.